The van der Waals surface area contributed by atoms with Gasteiger partial charge in [-0.25, -0.2) is 0 Å². The molecule has 0 aromatic rings. The molecule has 1 unspecified atom stereocenters. The minimum Gasteiger partial charge on any atom is -0.314 e. The van der Waals surface area contributed by atoms with Crippen LogP contribution in [0.3, 0.4) is 0 Å². The summed E-state index contributed by atoms with van der Waals surface area (Å²) < 4.78 is 0. The van der Waals surface area contributed by atoms with Crippen molar-refractivity contribution >= 4 is 0 Å². The van der Waals surface area contributed by atoms with E-state index in [0.29, 0.717) is 11.5 Å². The zero-order valence-corrected chi connectivity index (χ0v) is 12.4. The lowest BCUT2D eigenvalue weighted by molar-refractivity contribution is 0.133. The first kappa shape index (κ1) is 15.0. The van der Waals surface area contributed by atoms with E-state index >= 15 is 0 Å². The highest BCUT2D eigenvalue weighted by Crippen LogP contribution is 2.29. The minimum absolute atomic E-state index is 0.533. The van der Waals surface area contributed by atoms with E-state index in [1.807, 2.05) is 0 Å². The molecule has 1 rings (SSSR count). The van der Waals surface area contributed by atoms with E-state index in [0.717, 1.165) is 0 Å². The number of piperidine rings is 1. The molecule has 0 saturated carbocycles. The Morgan fingerprint density at radius 2 is 1.88 bits per heavy atom. The Morgan fingerprint density at radius 3 is 2.47 bits per heavy atom. The van der Waals surface area contributed by atoms with Crippen LogP contribution in [0, 0.1) is 5.41 Å². The highest BCUT2D eigenvalue weighted by molar-refractivity contribution is 4.84. The van der Waals surface area contributed by atoms with Crippen molar-refractivity contribution in [1.29, 1.82) is 0 Å². The minimum atomic E-state index is 0.533. The lowest BCUT2D eigenvalue weighted by atomic mass is 9.80. The van der Waals surface area contributed by atoms with Crippen LogP contribution in [-0.4, -0.2) is 37.6 Å². The topological polar surface area (TPSA) is 15.3 Å². The molecule has 2 heteroatoms. The van der Waals surface area contributed by atoms with E-state index in [1.165, 1.54) is 58.2 Å². The van der Waals surface area contributed by atoms with Gasteiger partial charge in [-0.3, -0.25) is 0 Å². The number of hydrogen-bond acceptors (Lipinski definition) is 2. The van der Waals surface area contributed by atoms with Gasteiger partial charge in [0.25, 0.3) is 0 Å². The molecule has 1 aliphatic heterocycles. The van der Waals surface area contributed by atoms with Crippen molar-refractivity contribution in [3.63, 3.8) is 0 Å². The average Bonchev–Trinajstić information content (AvgIpc) is 2.32. The molecule has 1 saturated heterocycles. The van der Waals surface area contributed by atoms with Crippen LogP contribution in [0.4, 0.5) is 0 Å². The molecule has 0 aromatic heterocycles. The molecule has 0 amide bonds. The molecule has 1 atom stereocenters. The highest BCUT2D eigenvalue weighted by Gasteiger charge is 2.28. The second-order valence-corrected chi connectivity index (χ2v) is 6.39. The van der Waals surface area contributed by atoms with Crippen molar-refractivity contribution in [3.8, 4) is 0 Å². The van der Waals surface area contributed by atoms with Crippen molar-refractivity contribution in [3.05, 3.63) is 0 Å². The average molecular weight is 240 g/mol. The second kappa shape index (κ2) is 7.38. The first-order valence-corrected chi connectivity index (χ1v) is 7.48. The van der Waals surface area contributed by atoms with Crippen LogP contribution < -0.4 is 5.32 Å². The Bertz CT molecular complexity index is 195. The molecule has 1 fully saturated rings. The summed E-state index contributed by atoms with van der Waals surface area (Å²) in [5.74, 6) is 0. The fourth-order valence-electron chi connectivity index (χ4n) is 2.56. The van der Waals surface area contributed by atoms with Crippen LogP contribution in [-0.2, 0) is 0 Å². The van der Waals surface area contributed by atoms with Gasteiger partial charge in [0.2, 0.25) is 0 Å². The van der Waals surface area contributed by atoms with Crippen molar-refractivity contribution in [2.24, 2.45) is 5.41 Å². The first-order chi connectivity index (χ1) is 8.06. The van der Waals surface area contributed by atoms with Crippen molar-refractivity contribution in [2.75, 3.05) is 26.7 Å². The SMILES string of the molecule is CCCCCC(C)NCC1(C)CCN(C)CC1. The molecule has 0 aromatic carbocycles. The molecule has 1 N–H and O–H groups in total. The molecule has 102 valence electrons. The lowest BCUT2D eigenvalue weighted by Gasteiger charge is -2.38. The van der Waals surface area contributed by atoms with Crippen LogP contribution in [0.5, 0.6) is 0 Å². The van der Waals surface area contributed by atoms with E-state index in [4.69, 9.17) is 0 Å². The maximum absolute atomic E-state index is 3.75. The van der Waals surface area contributed by atoms with Gasteiger partial charge in [-0.2, -0.15) is 0 Å². The summed E-state index contributed by atoms with van der Waals surface area (Å²) >= 11 is 0. The molecule has 1 aliphatic rings. The lowest BCUT2D eigenvalue weighted by Crippen LogP contribution is -2.44. The third kappa shape index (κ3) is 5.87. The summed E-state index contributed by atoms with van der Waals surface area (Å²) in [6, 6.07) is 0.693. The number of unbranched alkanes of at least 4 members (excludes halogenated alkanes) is 2. The third-order valence-electron chi connectivity index (χ3n) is 4.31. The fraction of sp³-hybridized carbons (Fsp3) is 1.00. The molecular formula is C15H32N2. The predicted molar refractivity (Wildman–Crippen MR) is 76.4 cm³/mol. The van der Waals surface area contributed by atoms with Gasteiger partial charge >= 0.3 is 0 Å². The summed E-state index contributed by atoms with van der Waals surface area (Å²) in [4.78, 5) is 2.45. The van der Waals surface area contributed by atoms with E-state index in [9.17, 15) is 0 Å². The van der Waals surface area contributed by atoms with Gasteiger partial charge in [0.15, 0.2) is 0 Å². The van der Waals surface area contributed by atoms with E-state index in [1.54, 1.807) is 0 Å². The highest BCUT2D eigenvalue weighted by atomic mass is 15.1. The molecular weight excluding hydrogens is 208 g/mol. The van der Waals surface area contributed by atoms with Gasteiger partial charge in [0, 0.05) is 12.6 Å². The fourth-order valence-corrected chi connectivity index (χ4v) is 2.56. The Labute approximate surface area is 108 Å². The molecule has 0 aliphatic carbocycles. The third-order valence-corrected chi connectivity index (χ3v) is 4.31. The van der Waals surface area contributed by atoms with Crippen LogP contribution in [0.1, 0.15) is 59.3 Å². The Morgan fingerprint density at radius 1 is 1.24 bits per heavy atom. The monoisotopic (exact) mass is 240 g/mol. The molecule has 2 nitrogen and oxygen atoms in total. The van der Waals surface area contributed by atoms with Gasteiger partial charge in [-0.05, 0) is 51.7 Å². The number of hydrogen-bond donors (Lipinski definition) is 1. The number of likely N-dealkylation sites (tertiary alicyclic amines) is 1. The van der Waals surface area contributed by atoms with Crippen molar-refractivity contribution < 1.29 is 0 Å². The summed E-state index contributed by atoms with van der Waals surface area (Å²) in [5, 5.41) is 3.75. The summed E-state index contributed by atoms with van der Waals surface area (Å²) in [6.45, 7) is 10.8. The molecule has 0 radical (unpaired) electrons. The molecule has 0 spiro atoms. The van der Waals surface area contributed by atoms with Gasteiger partial charge in [0.1, 0.15) is 0 Å². The van der Waals surface area contributed by atoms with E-state index < -0.39 is 0 Å². The van der Waals surface area contributed by atoms with Crippen molar-refractivity contribution in [2.45, 2.75) is 65.3 Å². The van der Waals surface area contributed by atoms with Crippen LogP contribution >= 0.6 is 0 Å². The summed E-state index contributed by atoms with van der Waals surface area (Å²) in [7, 11) is 2.24. The zero-order valence-electron chi connectivity index (χ0n) is 12.4. The zero-order chi connectivity index (χ0) is 12.7. The van der Waals surface area contributed by atoms with Gasteiger partial charge in [0.05, 0.1) is 0 Å². The van der Waals surface area contributed by atoms with Gasteiger partial charge in [-0.1, -0.05) is 33.1 Å². The van der Waals surface area contributed by atoms with Crippen molar-refractivity contribution in [1.82, 2.24) is 10.2 Å². The Kier molecular flexibility index (Phi) is 6.50. The largest absolute Gasteiger partial charge is 0.314 e. The molecule has 1 heterocycles. The van der Waals surface area contributed by atoms with Crippen LogP contribution in [0.25, 0.3) is 0 Å². The summed E-state index contributed by atoms with van der Waals surface area (Å²) in [6.07, 6.45) is 8.12. The predicted octanol–water partition coefficient (Wildman–Crippen LogP) is 3.28. The number of nitrogens with one attached hydrogen (secondary N) is 1. The first-order valence-electron chi connectivity index (χ1n) is 7.48. The second-order valence-electron chi connectivity index (χ2n) is 6.39. The Hall–Kier alpha value is -0.0800. The molecule has 0 bridgehead atoms. The van der Waals surface area contributed by atoms with E-state index in [2.05, 4.69) is 38.0 Å². The van der Waals surface area contributed by atoms with Gasteiger partial charge in [-0.15, -0.1) is 0 Å². The molecule has 17 heavy (non-hydrogen) atoms. The maximum atomic E-state index is 3.75. The van der Waals surface area contributed by atoms with E-state index in [-0.39, 0.29) is 0 Å². The Balaban J connectivity index is 2.16. The number of rotatable bonds is 7. The van der Waals surface area contributed by atoms with Crippen LogP contribution in [0.15, 0.2) is 0 Å². The maximum Gasteiger partial charge on any atom is 0.00389 e. The van der Waals surface area contributed by atoms with Gasteiger partial charge < -0.3 is 10.2 Å². The van der Waals surface area contributed by atoms with Crippen LogP contribution in [0.2, 0.25) is 0 Å². The number of nitrogens with zero attached hydrogens (tertiary/aromatic N) is 1. The normalized spacial score (nSPS) is 22.6. The quantitative estimate of drug-likeness (QED) is 0.687. The summed E-state index contributed by atoms with van der Waals surface area (Å²) in [5.41, 5.74) is 0.533. The standard InChI is InChI=1S/C15H32N2/c1-5-6-7-8-14(2)16-13-15(3)9-11-17(4)12-10-15/h14,16H,5-13H2,1-4H3. The smallest absolute Gasteiger partial charge is 0.00389 e.